The van der Waals surface area contributed by atoms with Gasteiger partial charge in [-0.2, -0.15) is 0 Å². The Bertz CT molecular complexity index is 484. The first kappa shape index (κ1) is 22.7. The predicted molar refractivity (Wildman–Crippen MR) is 120 cm³/mol. The van der Waals surface area contributed by atoms with E-state index in [1.165, 1.54) is 4.88 Å². The molecule has 1 unspecified atom stereocenters. The lowest BCUT2D eigenvalue weighted by Gasteiger charge is -2.40. The normalized spacial score (nSPS) is 18.0. The van der Waals surface area contributed by atoms with Crippen molar-refractivity contribution in [2.24, 2.45) is 10.9 Å². The Kier molecular flexibility index (Phi) is 11.0. The fourth-order valence-corrected chi connectivity index (χ4v) is 3.83. The second kappa shape index (κ2) is 12.1. The van der Waals surface area contributed by atoms with Crippen LogP contribution in [0.3, 0.4) is 0 Å². The zero-order chi connectivity index (χ0) is 17.4. The number of hydrogen-bond donors (Lipinski definition) is 2. The summed E-state index contributed by atoms with van der Waals surface area (Å²) in [4.78, 5) is 10.8. The van der Waals surface area contributed by atoms with Crippen LogP contribution in [0.4, 0.5) is 0 Å². The Labute approximate surface area is 174 Å². The third-order valence-corrected chi connectivity index (χ3v) is 5.66. The predicted octanol–water partition coefficient (Wildman–Crippen LogP) is 2.35. The number of nitrogens with zero attached hydrogens (tertiary/aromatic N) is 3. The molecule has 0 bridgehead atoms. The van der Waals surface area contributed by atoms with E-state index in [2.05, 4.69) is 63.8 Å². The molecule has 0 amide bonds. The average molecular weight is 479 g/mol. The summed E-state index contributed by atoms with van der Waals surface area (Å²) >= 11 is 1.81. The highest BCUT2D eigenvalue weighted by Crippen LogP contribution is 2.13. The van der Waals surface area contributed by atoms with E-state index in [1.54, 1.807) is 0 Å². The van der Waals surface area contributed by atoms with E-state index in [0.717, 1.165) is 51.6 Å². The molecule has 1 aromatic heterocycles. The Morgan fingerprint density at radius 2 is 1.96 bits per heavy atom. The van der Waals surface area contributed by atoms with Crippen LogP contribution >= 0.6 is 35.3 Å². The lowest BCUT2D eigenvalue weighted by atomic mass is 10.0. The van der Waals surface area contributed by atoms with Crippen molar-refractivity contribution < 1.29 is 0 Å². The maximum atomic E-state index is 4.37. The molecule has 2 N–H and O–H groups in total. The molecule has 1 aliphatic heterocycles. The molecule has 0 radical (unpaired) electrons. The maximum Gasteiger partial charge on any atom is 0.191 e. The second-order valence-electron chi connectivity index (χ2n) is 6.86. The molecular weight excluding hydrogens is 445 g/mol. The van der Waals surface area contributed by atoms with Crippen molar-refractivity contribution in [1.29, 1.82) is 0 Å². The number of piperazine rings is 1. The Hall–Kier alpha value is -0.380. The molecule has 144 valence electrons. The van der Waals surface area contributed by atoms with Crippen LogP contribution in [0.25, 0.3) is 0 Å². The summed E-state index contributed by atoms with van der Waals surface area (Å²) in [5.41, 5.74) is 0. The molecule has 1 atom stereocenters. The van der Waals surface area contributed by atoms with Gasteiger partial charge >= 0.3 is 0 Å². The number of likely N-dealkylation sites (N-methyl/N-ethyl adjacent to an activating group) is 1. The molecule has 2 heterocycles. The molecule has 0 spiro atoms. The molecule has 1 aliphatic rings. The molecule has 1 fully saturated rings. The van der Waals surface area contributed by atoms with E-state index in [9.17, 15) is 0 Å². The highest BCUT2D eigenvalue weighted by atomic mass is 127. The zero-order valence-electron chi connectivity index (χ0n) is 16.0. The fourth-order valence-electron chi connectivity index (χ4n) is 3.12. The van der Waals surface area contributed by atoms with Gasteiger partial charge < -0.3 is 15.5 Å². The van der Waals surface area contributed by atoms with Gasteiger partial charge in [0, 0.05) is 57.2 Å². The molecular formula is C18H34IN5S. The molecule has 0 saturated carbocycles. The monoisotopic (exact) mass is 479 g/mol. The summed E-state index contributed by atoms with van der Waals surface area (Å²) in [7, 11) is 4.06. The molecule has 2 rings (SSSR count). The van der Waals surface area contributed by atoms with Crippen LogP contribution in [0.5, 0.6) is 0 Å². The van der Waals surface area contributed by atoms with Crippen molar-refractivity contribution in [1.82, 2.24) is 20.4 Å². The Balaban J connectivity index is 0.00000312. The summed E-state index contributed by atoms with van der Waals surface area (Å²) in [6.07, 6.45) is 1.05. The zero-order valence-corrected chi connectivity index (χ0v) is 19.1. The first-order valence-corrected chi connectivity index (χ1v) is 9.87. The number of thiophene rings is 1. The van der Waals surface area contributed by atoms with Crippen molar-refractivity contribution in [2.75, 3.05) is 53.4 Å². The molecule has 1 aromatic rings. The van der Waals surface area contributed by atoms with Crippen molar-refractivity contribution in [2.45, 2.75) is 26.3 Å². The SMILES string of the molecule is CN=C(NCCc1cccs1)NCC(C(C)C)N1CCN(C)CC1.I. The highest BCUT2D eigenvalue weighted by Gasteiger charge is 2.24. The van der Waals surface area contributed by atoms with E-state index in [1.807, 2.05) is 18.4 Å². The van der Waals surface area contributed by atoms with Crippen LogP contribution in [0.2, 0.25) is 0 Å². The molecule has 1 saturated heterocycles. The first-order chi connectivity index (χ1) is 11.6. The van der Waals surface area contributed by atoms with Gasteiger partial charge in [0.25, 0.3) is 0 Å². The third-order valence-electron chi connectivity index (χ3n) is 4.72. The van der Waals surface area contributed by atoms with Gasteiger partial charge in [0.2, 0.25) is 0 Å². The van der Waals surface area contributed by atoms with Crippen LogP contribution in [0, 0.1) is 5.92 Å². The number of halogens is 1. The van der Waals surface area contributed by atoms with Gasteiger partial charge in [-0.25, -0.2) is 0 Å². The number of hydrogen-bond acceptors (Lipinski definition) is 4. The third kappa shape index (κ3) is 7.80. The second-order valence-corrected chi connectivity index (χ2v) is 7.89. The van der Waals surface area contributed by atoms with E-state index in [0.29, 0.717) is 12.0 Å². The smallest absolute Gasteiger partial charge is 0.191 e. The van der Waals surface area contributed by atoms with Gasteiger partial charge in [-0.05, 0) is 30.8 Å². The minimum atomic E-state index is 0. The van der Waals surface area contributed by atoms with Crippen LogP contribution in [0.1, 0.15) is 18.7 Å². The van der Waals surface area contributed by atoms with E-state index >= 15 is 0 Å². The van der Waals surface area contributed by atoms with Crippen molar-refractivity contribution in [3.8, 4) is 0 Å². The lowest BCUT2D eigenvalue weighted by molar-refractivity contribution is 0.0900. The standard InChI is InChI=1S/C18H33N5S.HI/c1-15(2)17(23-11-9-22(4)10-12-23)14-21-18(19-3)20-8-7-16-6-5-13-24-16;/h5-6,13,15,17H,7-12,14H2,1-4H3,(H2,19,20,21);1H. The molecule has 0 aromatic carbocycles. The topological polar surface area (TPSA) is 42.9 Å². The Morgan fingerprint density at radius 1 is 1.24 bits per heavy atom. The molecule has 5 nitrogen and oxygen atoms in total. The van der Waals surface area contributed by atoms with Gasteiger partial charge in [-0.3, -0.25) is 9.89 Å². The largest absolute Gasteiger partial charge is 0.356 e. The fraction of sp³-hybridized carbons (Fsp3) is 0.722. The average Bonchev–Trinajstić information content (AvgIpc) is 3.08. The van der Waals surface area contributed by atoms with Gasteiger partial charge in [-0.1, -0.05) is 19.9 Å². The summed E-state index contributed by atoms with van der Waals surface area (Å²) in [5.74, 6) is 1.54. The van der Waals surface area contributed by atoms with Crippen molar-refractivity contribution in [3.05, 3.63) is 22.4 Å². The Morgan fingerprint density at radius 3 is 2.52 bits per heavy atom. The van der Waals surface area contributed by atoms with E-state index in [-0.39, 0.29) is 24.0 Å². The van der Waals surface area contributed by atoms with E-state index in [4.69, 9.17) is 0 Å². The summed E-state index contributed by atoms with van der Waals surface area (Å²) < 4.78 is 0. The summed E-state index contributed by atoms with van der Waals surface area (Å²) in [5, 5.41) is 9.09. The number of nitrogens with one attached hydrogen (secondary N) is 2. The van der Waals surface area contributed by atoms with Gasteiger partial charge in [0.1, 0.15) is 0 Å². The highest BCUT2D eigenvalue weighted by molar-refractivity contribution is 14.0. The maximum absolute atomic E-state index is 4.37. The van der Waals surface area contributed by atoms with Crippen LogP contribution in [-0.2, 0) is 6.42 Å². The number of aliphatic imine (C=N–C) groups is 1. The van der Waals surface area contributed by atoms with Crippen molar-refractivity contribution in [3.63, 3.8) is 0 Å². The van der Waals surface area contributed by atoms with Crippen LogP contribution in [-0.4, -0.2) is 75.2 Å². The van der Waals surface area contributed by atoms with E-state index < -0.39 is 0 Å². The molecule has 25 heavy (non-hydrogen) atoms. The molecule has 0 aliphatic carbocycles. The summed E-state index contributed by atoms with van der Waals surface area (Å²) in [6, 6.07) is 4.84. The first-order valence-electron chi connectivity index (χ1n) is 8.99. The lowest BCUT2D eigenvalue weighted by Crippen LogP contribution is -2.55. The molecule has 7 heteroatoms. The van der Waals surface area contributed by atoms with Gasteiger partial charge in [0.05, 0.1) is 0 Å². The minimum Gasteiger partial charge on any atom is -0.356 e. The number of rotatable bonds is 7. The van der Waals surface area contributed by atoms with Crippen LogP contribution in [0.15, 0.2) is 22.5 Å². The van der Waals surface area contributed by atoms with Gasteiger partial charge in [-0.15, -0.1) is 35.3 Å². The summed E-state index contributed by atoms with van der Waals surface area (Å²) in [6.45, 7) is 11.1. The van der Waals surface area contributed by atoms with Crippen LogP contribution < -0.4 is 10.6 Å². The quantitative estimate of drug-likeness (QED) is 0.358. The number of guanidine groups is 1. The minimum absolute atomic E-state index is 0. The van der Waals surface area contributed by atoms with Gasteiger partial charge in [0.15, 0.2) is 5.96 Å². The van der Waals surface area contributed by atoms with Crippen molar-refractivity contribution >= 4 is 41.3 Å².